The van der Waals surface area contributed by atoms with E-state index in [4.69, 9.17) is 5.73 Å². The molecule has 0 spiro atoms. The summed E-state index contributed by atoms with van der Waals surface area (Å²) in [5.41, 5.74) is 7.18. The first-order valence-electron chi connectivity index (χ1n) is 6.59. The summed E-state index contributed by atoms with van der Waals surface area (Å²) in [6.07, 6.45) is 0. The molecule has 0 fully saturated rings. The van der Waals surface area contributed by atoms with Crippen LogP contribution < -0.4 is 16.4 Å². The zero-order valence-electron chi connectivity index (χ0n) is 12.7. The molecule has 1 unspecified atom stereocenters. The number of hydrogen-bond donors (Lipinski definition) is 3. The molecule has 0 aliphatic rings. The highest BCUT2D eigenvalue weighted by Crippen LogP contribution is 2.13. The van der Waals surface area contributed by atoms with E-state index in [2.05, 4.69) is 10.6 Å². The van der Waals surface area contributed by atoms with Gasteiger partial charge in [0, 0.05) is 11.2 Å². The first-order valence-corrected chi connectivity index (χ1v) is 6.59. The highest BCUT2D eigenvalue weighted by Gasteiger charge is 2.21. The van der Waals surface area contributed by atoms with Gasteiger partial charge < -0.3 is 16.4 Å². The maximum atomic E-state index is 12.1. The molecule has 110 valence electrons. The van der Waals surface area contributed by atoms with E-state index in [9.17, 15) is 9.59 Å². The lowest BCUT2D eigenvalue weighted by atomic mass is 10.1. The Kier molecular flexibility index (Phi) is 4.76. The van der Waals surface area contributed by atoms with Crippen LogP contribution in [0.15, 0.2) is 18.2 Å². The molecule has 0 aliphatic heterocycles. The second-order valence-corrected chi connectivity index (χ2v) is 6.03. The topological polar surface area (TPSA) is 84.2 Å². The Balaban J connectivity index is 2.75. The fourth-order valence-corrected chi connectivity index (χ4v) is 1.68. The summed E-state index contributed by atoms with van der Waals surface area (Å²) < 4.78 is 0. The predicted molar refractivity (Wildman–Crippen MR) is 80.4 cm³/mol. The quantitative estimate of drug-likeness (QED) is 0.734. The van der Waals surface area contributed by atoms with Gasteiger partial charge in [0.15, 0.2) is 0 Å². The molecule has 5 heteroatoms. The summed E-state index contributed by atoms with van der Waals surface area (Å²) in [5.74, 6) is -0.570. The molecule has 5 nitrogen and oxygen atoms in total. The fraction of sp³-hybridized carbons (Fsp3) is 0.467. The Bertz CT molecular complexity index is 518. The maximum absolute atomic E-state index is 12.1. The monoisotopic (exact) mass is 277 g/mol. The van der Waals surface area contributed by atoms with Gasteiger partial charge in [-0.05, 0) is 46.8 Å². The second kappa shape index (κ2) is 5.94. The number of nitrogens with two attached hydrogens (primary N) is 1. The van der Waals surface area contributed by atoms with Crippen LogP contribution in [0.3, 0.4) is 0 Å². The van der Waals surface area contributed by atoms with Crippen LogP contribution in [0.25, 0.3) is 0 Å². The third kappa shape index (κ3) is 4.57. The highest BCUT2D eigenvalue weighted by molar-refractivity contribution is 6.01. The van der Waals surface area contributed by atoms with Gasteiger partial charge in [-0.2, -0.15) is 0 Å². The average molecular weight is 277 g/mol. The Morgan fingerprint density at radius 2 is 1.85 bits per heavy atom. The number of amides is 2. The van der Waals surface area contributed by atoms with Gasteiger partial charge in [0.1, 0.15) is 6.04 Å². The molecule has 4 N–H and O–H groups in total. The van der Waals surface area contributed by atoms with Crippen molar-refractivity contribution < 1.29 is 9.59 Å². The van der Waals surface area contributed by atoms with Gasteiger partial charge in [-0.25, -0.2) is 0 Å². The molecule has 0 radical (unpaired) electrons. The molecular formula is C15H23N3O2. The van der Waals surface area contributed by atoms with Crippen LogP contribution in [0.1, 0.15) is 43.6 Å². The van der Waals surface area contributed by atoms with E-state index in [0.29, 0.717) is 11.3 Å². The molecular weight excluding hydrogens is 254 g/mol. The molecule has 1 atom stereocenters. The number of hydrogen-bond acceptors (Lipinski definition) is 3. The summed E-state index contributed by atoms with van der Waals surface area (Å²) in [5, 5.41) is 5.47. The van der Waals surface area contributed by atoms with Crippen molar-refractivity contribution in [1.82, 2.24) is 10.6 Å². The molecule has 20 heavy (non-hydrogen) atoms. The van der Waals surface area contributed by atoms with Crippen molar-refractivity contribution in [3.05, 3.63) is 29.3 Å². The minimum atomic E-state index is -0.623. The van der Waals surface area contributed by atoms with Gasteiger partial charge in [0.25, 0.3) is 5.91 Å². The standard InChI is InChI=1S/C15H23N3O2/c1-9-6-7-12(16)11(8-9)14(20)17-10(2)13(19)18-15(3,4)5/h6-8,10H,16H2,1-5H3,(H,17,20)(H,18,19). The lowest BCUT2D eigenvalue weighted by molar-refractivity contribution is -0.124. The summed E-state index contributed by atoms with van der Waals surface area (Å²) in [6, 6.07) is 4.60. The fourth-order valence-electron chi connectivity index (χ4n) is 1.68. The number of rotatable bonds is 3. The van der Waals surface area contributed by atoms with Crippen LogP contribution in [-0.2, 0) is 4.79 Å². The number of anilines is 1. The molecule has 0 aromatic heterocycles. The molecule has 2 amide bonds. The number of benzene rings is 1. The Morgan fingerprint density at radius 3 is 2.40 bits per heavy atom. The summed E-state index contributed by atoms with van der Waals surface area (Å²) in [4.78, 5) is 24.0. The summed E-state index contributed by atoms with van der Waals surface area (Å²) in [7, 11) is 0. The minimum Gasteiger partial charge on any atom is -0.398 e. The molecule has 0 saturated heterocycles. The normalized spacial score (nSPS) is 12.7. The van der Waals surface area contributed by atoms with E-state index in [1.54, 1.807) is 19.1 Å². The van der Waals surface area contributed by atoms with E-state index >= 15 is 0 Å². The predicted octanol–water partition coefficient (Wildman–Crippen LogP) is 1.61. The maximum Gasteiger partial charge on any atom is 0.254 e. The van der Waals surface area contributed by atoms with Crippen LogP contribution >= 0.6 is 0 Å². The lowest BCUT2D eigenvalue weighted by Crippen LogP contribution is -2.50. The van der Waals surface area contributed by atoms with Crippen molar-refractivity contribution in [1.29, 1.82) is 0 Å². The summed E-state index contributed by atoms with van der Waals surface area (Å²) in [6.45, 7) is 9.19. The molecule has 1 aromatic carbocycles. The first-order chi connectivity index (χ1) is 9.10. The second-order valence-electron chi connectivity index (χ2n) is 6.03. The van der Waals surface area contributed by atoms with Crippen molar-refractivity contribution in [2.75, 3.05) is 5.73 Å². The molecule has 0 saturated carbocycles. The van der Waals surface area contributed by atoms with Gasteiger partial charge in [-0.15, -0.1) is 0 Å². The van der Waals surface area contributed by atoms with Gasteiger partial charge in [0.2, 0.25) is 5.91 Å². The third-order valence-electron chi connectivity index (χ3n) is 2.69. The van der Waals surface area contributed by atoms with Crippen LogP contribution in [0.2, 0.25) is 0 Å². The molecule has 0 bridgehead atoms. The van der Waals surface area contributed by atoms with Gasteiger partial charge in [0.05, 0.1) is 5.56 Å². The van der Waals surface area contributed by atoms with Crippen molar-refractivity contribution in [3.63, 3.8) is 0 Å². The lowest BCUT2D eigenvalue weighted by Gasteiger charge is -2.23. The average Bonchev–Trinajstić information content (AvgIpc) is 2.29. The summed E-state index contributed by atoms with van der Waals surface area (Å²) >= 11 is 0. The van der Waals surface area contributed by atoms with Crippen molar-refractivity contribution in [2.45, 2.75) is 46.2 Å². The molecule has 0 heterocycles. The largest absolute Gasteiger partial charge is 0.398 e. The Labute approximate surface area is 119 Å². The zero-order valence-corrected chi connectivity index (χ0v) is 12.7. The van der Waals surface area contributed by atoms with Crippen LogP contribution in [0, 0.1) is 6.92 Å². The smallest absolute Gasteiger partial charge is 0.254 e. The molecule has 1 aromatic rings. The van der Waals surface area contributed by atoms with E-state index in [-0.39, 0.29) is 17.4 Å². The van der Waals surface area contributed by atoms with Crippen LogP contribution in [0.4, 0.5) is 5.69 Å². The van der Waals surface area contributed by atoms with Crippen LogP contribution in [-0.4, -0.2) is 23.4 Å². The molecule has 0 aliphatic carbocycles. The van der Waals surface area contributed by atoms with Crippen molar-refractivity contribution in [3.8, 4) is 0 Å². The minimum absolute atomic E-state index is 0.225. The third-order valence-corrected chi connectivity index (χ3v) is 2.69. The van der Waals surface area contributed by atoms with Crippen molar-refractivity contribution >= 4 is 17.5 Å². The number of carbonyl (C=O) groups excluding carboxylic acids is 2. The van der Waals surface area contributed by atoms with Gasteiger partial charge >= 0.3 is 0 Å². The molecule has 1 rings (SSSR count). The van der Waals surface area contributed by atoms with Gasteiger partial charge in [-0.3, -0.25) is 9.59 Å². The van der Waals surface area contributed by atoms with Crippen LogP contribution in [0.5, 0.6) is 0 Å². The number of nitrogens with one attached hydrogen (secondary N) is 2. The highest BCUT2D eigenvalue weighted by atomic mass is 16.2. The van der Waals surface area contributed by atoms with E-state index in [0.717, 1.165) is 5.56 Å². The SMILES string of the molecule is Cc1ccc(N)c(C(=O)NC(C)C(=O)NC(C)(C)C)c1. The zero-order chi connectivity index (χ0) is 15.5. The van der Waals surface area contributed by atoms with E-state index < -0.39 is 6.04 Å². The number of carbonyl (C=O) groups is 2. The Hall–Kier alpha value is -2.04. The van der Waals surface area contributed by atoms with Gasteiger partial charge in [-0.1, -0.05) is 11.6 Å². The van der Waals surface area contributed by atoms with Crippen molar-refractivity contribution in [2.24, 2.45) is 0 Å². The Morgan fingerprint density at radius 1 is 1.25 bits per heavy atom. The first kappa shape index (κ1) is 16.0. The number of nitrogen functional groups attached to an aromatic ring is 1. The van der Waals surface area contributed by atoms with E-state index in [1.165, 1.54) is 0 Å². The van der Waals surface area contributed by atoms with E-state index in [1.807, 2.05) is 33.8 Å². The number of aryl methyl sites for hydroxylation is 1.